The minimum Gasteiger partial charge on any atom is -0.330 e. The predicted molar refractivity (Wildman–Crippen MR) is 87.6 cm³/mol. The number of nitrogens with one attached hydrogen (secondary N) is 2. The van der Waals surface area contributed by atoms with Crippen molar-refractivity contribution >= 4 is 40.8 Å². The molecule has 0 atom stereocenters. The monoisotopic (exact) mass is 358 g/mol. The van der Waals surface area contributed by atoms with Gasteiger partial charge in [-0.25, -0.2) is 0 Å². The number of hydrogen-bond acceptors (Lipinski definition) is 3. The van der Waals surface area contributed by atoms with Crippen molar-refractivity contribution in [2.75, 3.05) is 5.32 Å². The molecule has 0 saturated carbocycles. The van der Waals surface area contributed by atoms with E-state index in [1.54, 1.807) is 24.5 Å². The molecule has 0 aliphatic carbocycles. The Kier molecular flexibility index (Phi) is 5.51. The van der Waals surface area contributed by atoms with Crippen molar-refractivity contribution in [3.8, 4) is 0 Å². The number of alkyl halides is 3. The summed E-state index contributed by atoms with van der Waals surface area (Å²) < 4.78 is 38.0. The van der Waals surface area contributed by atoms with E-state index in [-0.39, 0.29) is 15.8 Å². The molecular formula is C14H10ClF3N4S. The van der Waals surface area contributed by atoms with Crippen LogP contribution in [0.3, 0.4) is 0 Å². The first-order chi connectivity index (χ1) is 10.9. The molecule has 0 spiro atoms. The van der Waals surface area contributed by atoms with Crippen LogP contribution < -0.4 is 10.7 Å². The quantitative estimate of drug-likeness (QED) is 0.493. The molecule has 0 radical (unpaired) electrons. The fraction of sp³-hybridized carbons (Fsp3) is 0.0714. The third-order valence-electron chi connectivity index (χ3n) is 2.63. The van der Waals surface area contributed by atoms with E-state index in [9.17, 15) is 13.2 Å². The second-order valence-electron chi connectivity index (χ2n) is 4.30. The second-order valence-corrected chi connectivity index (χ2v) is 5.11. The summed E-state index contributed by atoms with van der Waals surface area (Å²) in [6.07, 6.45) is 0.222. The molecule has 1 heterocycles. The van der Waals surface area contributed by atoms with Crippen molar-refractivity contribution in [3.05, 3.63) is 58.9 Å². The van der Waals surface area contributed by atoms with E-state index in [2.05, 4.69) is 20.8 Å². The normalized spacial score (nSPS) is 11.5. The van der Waals surface area contributed by atoms with Crippen LogP contribution in [0.25, 0.3) is 0 Å². The summed E-state index contributed by atoms with van der Waals surface area (Å²) >= 11 is 10.8. The minimum atomic E-state index is -4.46. The Hall–Kier alpha value is -2.19. The number of aromatic nitrogens is 1. The van der Waals surface area contributed by atoms with Gasteiger partial charge in [0.15, 0.2) is 5.11 Å². The van der Waals surface area contributed by atoms with Crippen LogP contribution in [0.4, 0.5) is 18.9 Å². The summed E-state index contributed by atoms with van der Waals surface area (Å²) in [5.41, 5.74) is 2.49. The Balaban J connectivity index is 2.01. The molecule has 1 aromatic heterocycles. The molecule has 0 fully saturated rings. The molecule has 9 heteroatoms. The van der Waals surface area contributed by atoms with Crippen LogP contribution in [0.1, 0.15) is 11.1 Å². The molecule has 4 nitrogen and oxygen atoms in total. The first-order valence-corrected chi connectivity index (χ1v) is 7.02. The van der Waals surface area contributed by atoms with Crippen molar-refractivity contribution in [2.24, 2.45) is 5.10 Å². The first-order valence-electron chi connectivity index (χ1n) is 6.23. The van der Waals surface area contributed by atoms with Gasteiger partial charge in [-0.3, -0.25) is 10.4 Å². The average molecular weight is 359 g/mol. The van der Waals surface area contributed by atoms with Gasteiger partial charge >= 0.3 is 6.18 Å². The van der Waals surface area contributed by atoms with Crippen LogP contribution >= 0.6 is 23.8 Å². The van der Waals surface area contributed by atoms with Gasteiger partial charge in [0, 0.05) is 12.4 Å². The third-order valence-corrected chi connectivity index (χ3v) is 3.15. The number of nitrogens with zero attached hydrogens (tertiary/aromatic N) is 2. The van der Waals surface area contributed by atoms with Gasteiger partial charge < -0.3 is 5.32 Å². The maximum Gasteiger partial charge on any atom is 0.416 e. The van der Waals surface area contributed by atoms with Crippen LogP contribution in [0.15, 0.2) is 47.8 Å². The summed E-state index contributed by atoms with van der Waals surface area (Å²) in [4.78, 5) is 3.86. The molecule has 120 valence electrons. The van der Waals surface area contributed by atoms with Crippen LogP contribution in [-0.2, 0) is 6.18 Å². The number of hydrazone groups is 1. The molecule has 2 aromatic rings. The van der Waals surface area contributed by atoms with E-state index >= 15 is 0 Å². The predicted octanol–water partition coefficient (Wildman–Crippen LogP) is 4.07. The van der Waals surface area contributed by atoms with Crippen LogP contribution in [-0.4, -0.2) is 16.3 Å². The Morgan fingerprint density at radius 2 is 1.91 bits per heavy atom. The zero-order valence-electron chi connectivity index (χ0n) is 11.4. The molecule has 23 heavy (non-hydrogen) atoms. The number of hydrogen-bond donors (Lipinski definition) is 2. The van der Waals surface area contributed by atoms with Crippen LogP contribution in [0, 0.1) is 0 Å². The third kappa shape index (κ3) is 5.19. The minimum absolute atomic E-state index is 0.0107. The molecular weight excluding hydrogens is 349 g/mol. The fourth-order valence-corrected chi connectivity index (χ4v) is 1.89. The Morgan fingerprint density at radius 3 is 2.57 bits per heavy atom. The number of thiocarbonyl (C=S) groups is 1. The summed E-state index contributed by atoms with van der Waals surface area (Å²) in [6, 6.07) is 6.38. The fourth-order valence-electron chi connectivity index (χ4n) is 1.56. The molecule has 0 unspecified atom stereocenters. The Labute approximate surface area is 140 Å². The topological polar surface area (TPSA) is 49.3 Å². The SMILES string of the molecule is FC(F)(F)c1ccc(Cl)c(NC(=S)N/N=C\c2ccncc2)c1. The van der Waals surface area contributed by atoms with Crippen molar-refractivity contribution < 1.29 is 13.2 Å². The number of anilines is 1. The lowest BCUT2D eigenvalue weighted by atomic mass is 10.2. The lowest BCUT2D eigenvalue weighted by Gasteiger charge is -2.12. The highest BCUT2D eigenvalue weighted by Crippen LogP contribution is 2.33. The lowest BCUT2D eigenvalue weighted by molar-refractivity contribution is -0.137. The summed E-state index contributed by atoms with van der Waals surface area (Å²) in [5, 5.41) is 6.56. The van der Waals surface area contributed by atoms with E-state index in [0.29, 0.717) is 0 Å². The van der Waals surface area contributed by atoms with Gasteiger partial charge in [-0.05, 0) is 48.1 Å². The average Bonchev–Trinajstić information content (AvgIpc) is 2.49. The van der Waals surface area contributed by atoms with Crippen molar-refractivity contribution in [1.82, 2.24) is 10.4 Å². The smallest absolute Gasteiger partial charge is 0.330 e. The molecule has 1 aromatic carbocycles. The van der Waals surface area contributed by atoms with Gasteiger partial charge in [0.05, 0.1) is 22.5 Å². The van der Waals surface area contributed by atoms with E-state index in [0.717, 1.165) is 23.8 Å². The van der Waals surface area contributed by atoms with Gasteiger partial charge in [0.1, 0.15) is 0 Å². The molecule has 2 N–H and O–H groups in total. The van der Waals surface area contributed by atoms with Gasteiger partial charge in [-0.15, -0.1) is 0 Å². The van der Waals surface area contributed by atoms with Crippen molar-refractivity contribution in [3.63, 3.8) is 0 Å². The lowest BCUT2D eigenvalue weighted by Crippen LogP contribution is -2.24. The Morgan fingerprint density at radius 1 is 1.22 bits per heavy atom. The van der Waals surface area contributed by atoms with E-state index in [4.69, 9.17) is 23.8 Å². The highest BCUT2D eigenvalue weighted by Gasteiger charge is 2.31. The molecule has 0 aliphatic rings. The van der Waals surface area contributed by atoms with Crippen LogP contribution in [0.5, 0.6) is 0 Å². The highest BCUT2D eigenvalue weighted by molar-refractivity contribution is 7.80. The van der Waals surface area contributed by atoms with E-state index in [1.807, 2.05) is 0 Å². The van der Waals surface area contributed by atoms with Gasteiger partial charge in [0.2, 0.25) is 0 Å². The largest absolute Gasteiger partial charge is 0.416 e. The highest BCUT2D eigenvalue weighted by atomic mass is 35.5. The standard InChI is InChI=1S/C14H10ClF3N4S/c15-11-2-1-10(14(16,17)18)7-12(11)21-13(23)22-20-8-9-3-5-19-6-4-9/h1-8H,(H2,21,22,23)/b20-8-. The zero-order valence-corrected chi connectivity index (χ0v) is 13.0. The molecule has 0 aliphatic heterocycles. The number of halogens is 4. The molecule has 0 bridgehead atoms. The van der Waals surface area contributed by atoms with Gasteiger partial charge in [0.25, 0.3) is 0 Å². The maximum absolute atomic E-state index is 12.7. The number of pyridine rings is 1. The maximum atomic E-state index is 12.7. The van der Waals surface area contributed by atoms with Crippen LogP contribution in [0.2, 0.25) is 5.02 Å². The van der Waals surface area contributed by atoms with Crippen molar-refractivity contribution in [1.29, 1.82) is 0 Å². The second kappa shape index (κ2) is 7.38. The van der Waals surface area contributed by atoms with Gasteiger partial charge in [-0.2, -0.15) is 18.3 Å². The zero-order chi connectivity index (χ0) is 16.9. The van der Waals surface area contributed by atoms with Gasteiger partial charge in [-0.1, -0.05) is 11.6 Å². The molecule has 0 amide bonds. The Bertz CT molecular complexity index is 720. The number of rotatable bonds is 3. The van der Waals surface area contributed by atoms with E-state index < -0.39 is 11.7 Å². The summed E-state index contributed by atoms with van der Waals surface area (Å²) in [7, 11) is 0. The first kappa shape index (κ1) is 17.2. The summed E-state index contributed by atoms with van der Waals surface area (Å²) in [5.74, 6) is 0. The number of benzene rings is 1. The van der Waals surface area contributed by atoms with Crippen molar-refractivity contribution in [2.45, 2.75) is 6.18 Å². The molecule has 0 saturated heterocycles. The molecule has 2 rings (SSSR count). The summed E-state index contributed by atoms with van der Waals surface area (Å²) in [6.45, 7) is 0. The van der Waals surface area contributed by atoms with E-state index in [1.165, 1.54) is 6.21 Å².